The summed E-state index contributed by atoms with van der Waals surface area (Å²) in [5, 5.41) is 0. The van der Waals surface area contributed by atoms with Crippen molar-refractivity contribution in [3.63, 3.8) is 0 Å². The van der Waals surface area contributed by atoms with Crippen molar-refractivity contribution in [2.75, 3.05) is 0 Å². The second kappa shape index (κ2) is 5.43. The Balaban J connectivity index is 2.77. The van der Waals surface area contributed by atoms with Crippen LogP contribution in [-0.4, -0.2) is 17.8 Å². The van der Waals surface area contributed by atoms with Crippen LogP contribution >= 0.6 is 0 Å². The van der Waals surface area contributed by atoms with E-state index in [4.69, 9.17) is 10.5 Å². The zero-order valence-corrected chi connectivity index (χ0v) is 9.70. The van der Waals surface area contributed by atoms with E-state index in [2.05, 4.69) is 0 Å². The van der Waals surface area contributed by atoms with Gasteiger partial charge >= 0.3 is 0 Å². The summed E-state index contributed by atoms with van der Waals surface area (Å²) in [7, 11) is 0. The maximum Gasteiger partial charge on any atom is 0.251 e. The van der Waals surface area contributed by atoms with E-state index in [1.54, 1.807) is 6.92 Å². The lowest BCUT2D eigenvalue weighted by Crippen LogP contribution is -2.16. The monoisotopic (exact) mass is 239 g/mol. The molecule has 0 heterocycles. The maximum absolute atomic E-state index is 13.4. The summed E-state index contributed by atoms with van der Waals surface area (Å²) in [4.78, 5) is 21.6. The summed E-state index contributed by atoms with van der Waals surface area (Å²) < 4.78 is 18.7. The largest absolute Gasteiger partial charge is 0.490 e. The number of halogens is 1. The zero-order valence-electron chi connectivity index (χ0n) is 9.70. The highest BCUT2D eigenvalue weighted by molar-refractivity contribution is 5.93. The first-order chi connectivity index (χ1) is 7.90. The highest BCUT2D eigenvalue weighted by Crippen LogP contribution is 2.18. The van der Waals surface area contributed by atoms with Crippen LogP contribution in [0.2, 0.25) is 0 Å². The number of ketones is 1. The third-order valence-corrected chi connectivity index (χ3v) is 2.12. The molecule has 1 unspecified atom stereocenters. The van der Waals surface area contributed by atoms with Crippen molar-refractivity contribution in [2.24, 2.45) is 5.73 Å². The molecule has 1 rings (SSSR count). The van der Waals surface area contributed by atoms with E-state index in [1.807, 2.05) is 0 Å². The highest BCUT2D eigenvalue weighted by atomic mass is 19.1. The second-order valence-electron chi connectivity index (χ2n) is 3.84. The van der Waals surface area contributed by atoms with Gasteiger partial charge in [0.2, 0.25) is 0 Å². The maximum atomic E-state index is 13.4. The van der Waals surface area contributed by atoms with Crippen LogP contribution in [0.15, 0.2) is 18.2 Å². The molecule has 0 aliphatic rings. The van der Waals surface area contributed by atoms with Crippen molar-refractivity contribution in [3.8, 4) is 5.75 Å². The third-order valence-electron chi connectivity index (χ3n) is 2.12. The quantitative estimate of drug-likeness (QED) is 0.849. The highest BCUT2D eigenvalue weighted by Gasteiger charge is 2.11. The summed E-state index contributed by atoms with van der Waals surface area (Å²) in [6.07, 6.45) is -0.0922. The molecule has 0 aromatic heterocycles. The number of hydrogen-bond donors (Lipinski definition) is 1. The van der Waals surface area contributed by atoms with Crippen molar-refractivity contribution < 1.29 is 18.7 Å². The zero-order chi connectivity index (χ0) is 13.0. The molecule has 92 valence electrons. The molecule has 1 atom stereocenters. The van der Waals surface area contributed by atoms with Gasteiger partial charge < -0.3 is 10.5 Å². The molecule has 0 radical (unpaired) electrons. The Morgan fingerprint density at radius 2 is 2.12 bits per heavy atom. The van der Waals surface area contributed by atoms with Crippen LogP contribution in [0.4, 0.5) is 4.39 Å². The molecule has 0 aliphatic heterocycles. The van der Waals surface area contributed by atoms with Gasteiger partial charge in [0.1, 0.15) is 23.5 Å². The minimum atomic E-state index is -0.828. The lowest BCUT2D eigenvalue weighted by Gasteiger charge is -2.13. The predicted molar refractivity (Wildman–Crippen MR) is 60.3 cm³/mol. The third kappa shape index (κ3) is 3.86. The molecule has 0 aliphatic carbocycles. The van der Waals surface area contributed by atoms with Crippen LogP contribution in [-0.2, 0) is 4.79 Å². The van der Waals surface area contributed by atoms with Crippen LogP contribution in [0.3, 0.4) is 0 Å². The molecule has 17 heavy (non-hydrogen) atoms. The normalized spacial score (nSPS) is 11.9. The number of ether oxygens (including phenoxy) is 1. The van der Waals surface area contributed by atoms with Crippen molar-refractivity contribution in [1.29, 1.82) is 0 Å². The molecule has 0 bridgehead atoms. The molecule has 1 aromatic rings. The van der Waals surface area contributed by atoms with Gasteiger partial charge in [0.15, 0.2) is 0 Å². The fourth-order valence-electron chi connectivity index (χ4n) is 1.45. The number of primary amides is 1. The van der Waals surface area contributed by atoms with Crippen LogP contribution in [0.1, 0.15) is 30.6 Å². The number of benzene rings is 1. The minimum Gasteiger partial charge on any atom is -0.490 e. The van der Waals surface area contributed by atoms with Gasteiger partial charge in [0.25, 0.3) is 5.91 Å². The molecule has 0 fully saturated rings. The summed E-state index contributed by atoms with van der Waals surface area (Å²) in [6, 6.07) is 3.78. The molecule has 0 spiro atoms. The Labute approximate surface area is 98.6 Å². The van der Waals surface area contributed by atoms with Crippen molar-refractivity contribution >= 4 is 11.7 Å². The van der Waals surface area contributed by atoms with E-state index >= 15 is 0 Å². The van der Waals surface area contributed by atoms with Gasteiger partial charge in [-0.25, -0.2) is 4.39 Å². The number of nitrogens with two attached hydrogens (primary N) is 1. The van der Waals surface area contributed by atoms with Crippen LogP contribution < -0.4 is 10.5 Å². The van der Waals surface area contributed by atoms with Gasteiger partial charge in [0.05, 0.1) is 5.56 Å². The molecule has 0 saturated carbocycles. The van der Waals surface area contributed by atoms with E-state index in [0.717, 1.165) is 6.07 Å². The molecule has 5 heteroatoms. The van der Waals surface area contributed by atoms with Gasteiger partial charge in [0, 0.05) is 12.5 Å². The first-order valence-electron chi connectivity index (χ1n) is 5.15. The number of carbonyl (C=O) groups is 2. The average Bonchev–Trinajstić information content (AvgIpc) is 2.15. The van der Waals surface area contributed by atoms with Crippen molar-refractivity contribution in [2.45, 2.75) is 26.4 Å². The van der Waals surface area contributed by atoms with Crippen LogP contribution in [0, 0.1) is 5.82 Å². The smallest absolute Gasteiger partial charge is 0.251 e. The van der Waals surface area contributed by atoms with E-state index in [-0.39, 0.29) is 29.6 Å². The molecule has 4 nitrogen and oxygen atoms in total. The first-order valence-corrected chi connectivity index (χ1v) is 5.15. The summed E-state index contributed by atoms with van der Waals surface area (Å²) in [5.74, 6) is -1.30. The molecular formula is C12H14FNO3. The van der Waals surface area contributed by atoms with E-state index in [9.17, 15) is 14.0 Å². The Bertz CT molecular complexity index is 445. The van der Waals surface area contributed by atoms with E-state index < -0.39 is 11.7 Å². The topological polar surface area (TPSA) is 69.4 Å². The van der Waals surface area contributed by atoms with E-state index in [0.29, 0.717) is 0 Å². The summed E-state index contributed by atoms with van der Waals surface area (Å²) >= 11 is 0. The molecular weight excluding hydrogens is 225 g/mol. The van der Waals surface area contributed by atoms with Gasteiger partial charge in [-0.1, -0.05) is 0 Å². The molecule has 0 saturated heterocycles. The fourth-order valence-corrected chi connectivity index (χ4v) is 1.45. The predicted octanol–water partition coefficient (Wildman–Crippen LogP) is 1.67. The SMILES string of the molecule is CC(=O)CC(C)Oc1ccc(C(N)=O)c(F)c1. The fraction of sp³-hybridized carbons (Fsp3) is 0.333. The Morgan fingerprint density at radius 3 is 2.59 bits per heavy atom. The average molecular weight is 239 g/mol. The molecule has 1 amide bonds. The van der Waals surface area contributed by atoms with E-state index in [1.165, 1.54) is 19.1 Å². The Kier molecular flexibility index (Phi) is 4.20. The Morgan fingerprint density at radius 1 is 1.47 bits per heavy atom. The number of amides is 1. The van der Waals surface area contributed by atoms with Crippen LogP contribution in [0.5, 0.6) is 5.75 Å². The van der Waals surface area contributed by atoms with Gasteiger partial charge in [-0.3, -0.25) is 9.59 Å². The van der Waals surface area contributed by atoms with Gasteiger partial charge in [-0.05, 0) is 26.0 Å². The second-order valence-corrected chi connectivity index (χ2v) is 3.84. The number of rotatable bonds is 5. The number of carbonyl (C=O) groups excluding carboxylic acids is 2. The standard InChI is InChI=1S/C12H14FNO3/c1-7(15)5-8(2)17-9-3-4-10(12(14)16)11(13)6-9/h3-4,6,8H,5H2,1-2H3,(H2,14,16). The van der Waals surface area contributed by atoms with Gasteiger partial charge in [-0.2, -0.15) is 0 Å². The first kappa shape index (κ1) is 13.2. The number of Topliss-reactive ketones (excluding diaryl/α,β-unsaturated/α-hetero) is 1. The summed E-state index contributed by atoms with van der Waals surface area (Å²) in [5.41, 5.74) is 4.78. The lowest BCUT2D eigenvalue weighted by atomic mass is 10.2. The molecule has 1 aromatic carbocycles. The lowest BCUT2D eigenvalue weighted by molar-refractivity contribution is -0.118. The summed E-state index contributed by atoms with van der Waals surface area (Å²) in [6.45, 7) is 3.16. The number of hydrogen-bond acceptors (Lipinski definition) is 3. The van der Waals surface area contributed by atoms with Crippen molar-refractivity contribution in [1.82, 2.24) is 0 Å². The Hall–Kier alpha value is -1.91. The molecule has 2 N–H and O–H groups in total. The van der Waals surface area contributed by atoms with Crippen molar-refractivity contribution in [3.05, 3.63) is 29.6 Å². The van der Waals surface area contributed by atoms with Gasteiger partial charge in [-0.15, -0.1) is 0 Å². The minimum absolute atomic E-state index is 0.00766. The van der Waals surface area contributed by atoms with Crippen LogP contribution in [0.25, 0.3) is 0 Å².